The van der Waals surface area contributed by atoms with E-state index in [1.54, 1.807) is 17.0 Å². The predicted molar refractivity (Wildman–Crippen MR) is 122 cm³/mol. The molecule has 1 amide bonds. The van der Waals surface area contributed by atoms with Crippen molar-refractivity contribution in [2.24, 2.45) is 0 Å². The van der Waals surface area contributed by atoms with Crippen LogP contribution in [-0.2, 0) is 24.3 Å². The Kier molecular flexibility index (Phi) is 5.78. The number of rotatable bonds is 4. The molecule has 0 bridgehead atoms. The number of carboxylic acids is 1. The molecule has 1 heterocycles. The Morgan fingerprint density at radius 3 is 2.34 bits per heavy atom. The van der Waals surface area contributed by atoms with E-state index in [1.807, 2.05) is 32.9 Å². The number of benzene rings is 3. The van der Waals surface area contributed by atoms with Crippen molar-refractivity contribution in [1.82, 2.24) is 4.90 Å². The molecule has 0 saturated carbocycles. The summed E-state index contributed by atoms with van der Waals surface area (Å²) in [6.45, 7) is 6.60. The van der Waals surface area contributed by atoms with E-state index >= 15 is 0 Å². The van der Waals surface area contributed by atoms with Crippen LogP contribution in [0.25, 0.3) is 11.1 Å². The first-order valence-electron chi connectivity index (χ1n) is 10.3. The highest BCUT2D eigenvalue weighted by Crippen LogP contribution is 2.41. The lowest BCUT2D eigenvalue weighted by molar-refractivity contribution is -0.136. The second kappa shape index (κ2) is 8.40. The summed E-state index contributed by atoms with van der Waals surface area (Å²) in [6.07, 6.45) is -0.116. The van der Waals surface area contributed by atoms with Gasteiger partial charge in [0.05, 0.1) is 6.42 Å². The van der Waals surface area contributed by atoms with Crippen molar-refractivity contribution in [2.75, 3.05) is 0 Å². The second-order valence-corrected chi connectivity index (χ2v) is 8.70. The molecule has 6 heteroatoms. The molecule has 0 unspecified atom stereocenters. The number of aliphatic carboxylic acids is 1. The van der Waals surface area contributed by atoms with Crippen molar-refractivity contribution in [1.29, 1.82) is 0 Å². The number of halogens is 2. The van der Waals surface area contributed by atoms with Crippen molar-refractivity contribution in [3.63, 3.8) is 0 Å². The van der Waals surface area contributed by atoms with Gasteiger partial charge < -0.3 is 10.0 Å². The fourth-order valence-corrected chi connectivity index (χ4v) is 4.88. The number of amides is 1. The molecular formula is C26H23ClFNO3. The van der Waals surface area contributed by atoms with Gasteiger partial charge in [0.2, 0.25) is 0 Å². The van der Waals surface area contributed by atoms with Crippen LogP contribution in [0, 0.1) is 26.6 Å². The maximum absolute atomic E-state index is 13.7. The van der Waals surface area contributed by atoms with Crippen LogP contribution in [0.1, 0.15) is 43.7 Å². The first kappa shape index (κ1) is 22.0. The summed E-state index contributed by atoms with van der Waals surface area (Å²) in [6, 6.07) is 11.3. The van der Waals surface area contributed by atoms with Crippen LogP contribution in [0.2, 0.25) is 5.02 Å². The minimum absolute atomic E-state index is 0.116. The van der Waals surface area contributed by atoms with Crippen molar-refractivity contribution < 1.29 is 19.1 Å². The van der Waals surface area contributed by atoms with E-state index in [1.165, 1.54) is 18.2 Å². The van der Waals surface area contributed by atoms with Crippen molar-refractivity contribution in [3.05, 3.63) is 92.2 Å². The lowest BCUT2D eigenvalue weighted by atomic mass is 9.83. The van der Waals surface area contributed by atoms with E-state index in [0.717, 1.165) is 44.5 Å². The minimum Gasteiger partial charge on any atom is -0.481 e. The number of carboxylic acid groups (broad SMARTS) is 1. The monoisotopic (exact) mass is 451 g/mol. The zero-order chi connectivity index (χ0) is 23.2. The molecule has 1 aliphatic rings. The molecule has 4 nitrogen and oxygen atoms in total. The summed E-state index contributed by atoms with van der Waals surface area (Å²) in [5, 5.41) is 10.2. The Hall–Kier alpha value is -3.18. The Morgan fingerprint density at radius 1 is 1.03 bits per heavy atom. The molecule has 1 aliphatic heterocycles. The third-order valence-corrected chi connectivity index (χ3v) is 6.48. The Labute approximate surface area is 191 Å². The van der Waals surface area contributed by atoms with Gasteiger partial charge in [0.1, 0.15) is 5.82 Å². The van der Waals surface area contributed by atoms with Gasteiger partial charge in [-0.3, -0.25) is 9.59 Å². The average Bonchev–Trinajstić information content (AvgIpc) is 3.18. The maximum atomic E-state index is 13.7. The van der Waals surface area contributed by atoms with Crippen molar-refractivity contribution in [2.45, 2.75) is 40.3 Å². The Bertz CT molecular complexity index is 1270. The molecular weight excluding hydrogens is 429 g/mol. The highest BCUT2D eigenvalue weighted by atomic mass is 35.5. The van der Waals surface area contributed by atoms with Gasteiger partial charge in [-0.25, -0.2) is 4.39 Å². The number of hydrogen-bond acceptors (Lipinski definition) is 2. The molecule has 4 rings (SSSR count). The van der Waals surface area contributed by atoms with Crippen molar-refractivity contribution in [3.8, 4) is 11.1 Å². The zero-order valence-corrected chi connectivity index (χ0v) is 18.9. The van der Waals surface area contributed by atoms with E-state index in [-0.39, 0.29) is 12.3 Å². The SMILES string of the molecule is Cc1cc(Cl)ccc1-c1c(C)c2c(c(C)c1CC(=O)O)CN(C(=O)c1cccc(F)c1)C2. The van der Waals surface area contributed by atoms with Crippen molar-refractivity contribution >= 4 is 23.5 Å². The van der Waals surface area contributed by atoms with E-state index < -0.39 is 11.8 Å². The molecule has 0 radical (unpaired) electrons. The molecule has 0 aliphatic carbocycles. The number of aryl methyl sites for hydroxylation is 1. The van der Waals surface area contributed by atoms with Gasteiger partial charge in [-0.05, 0) is 95.6 Å². The molecule has 164 valence electrons. The zero-order valence-electron chi connectivity index (χ0n) is 18.1. The summed E-state index contributed by atoms with van der Waals surface area (Å²) in [4.78, 5) is 26.5. The maximum Gasteiger partial charge on any atom is 0.307 e. The third-order valence-electron chi connectivity index (χ3n) is 6.24. The van der Waals surface area contributed by atoms with Gasteiger partial charge in [-0.1, -0.05) is 23.7 Å². The number of hydrogen-bond donors (Lipinski definition) is 1. The summed E-state index contributed by atoms with van der Waals surface area (Å²) in [5.74, 6) is -1.61. The normalized spacial score (nSPS) is 12.7. The lowest BCUT2D eigenvalue weighted by Crippen LogP contribution is -2.25. The molecule has 1 N–H and O–H groups in total. The van der Waals surface area contributed by atoms with E-state index in [4.69, 9.17) is 11.6 Å². The van der Waals surface area contributed by atoms with E-state index in [0.29, 0.717) is 23.7 Å². The number of carbonyl (C=O) groups excluding carboxylic acids is 1. The summed E-state index contributed by atoms with van der Waals surface area (Å²) in [7, 11) is 0. The minimum atomic E-state index is -0.911. The number of fused-ring (bicyclic) bond motifs is 1. The van der Waals surface area contributed by atoms with Crippen LogP contribution < -0.4 is 0 Å². The van der Waals surface area contributed by atoms with Gasteiger partial charge in [-0.2, -0.15) is 0 Å². The molecule has 0 spiro atoms. The Balaban J connectivity index is 1.84. The number of carbonyl (C=O) groups is 2. The number of nitrogens with zero attached hydrogens (tertiary/aromatic N) is 1. The fourth-order valence-electron chi connectivity index (χ4n) is 4.66. The molecule has 0 aromatic heterocycles. The van der Waals surface area contributed by atoms with Crippen LogP contribution >= 0.6 is 11.6 Å². The molecule has 3 aromatic carbocycles. The van der Waals surface area contributed by atoms with Gasteiger partial charge in [-0.15, -0.1) is 0 Å². The second-order valence-electron chi connectivity index (χ2n) is 8.26. The fraction of sp³-hybridized carbons (Fsp3) is 0.231. The van der Waals surface area contributed by atoms with Crippen LogP contribution in [0.5, 0.6) is 0 Å². The summed E-state index contributed by atoms with van der Waals surface area (Å²) >= 11 is 6.15. The highest BCUT2D eigenvalue weighted by molar-refractivity contribution is 6.30. The summed E-state index contributed by atoms with van der Waals surface area (Å²) in [5.41, 5.74) is 7.66. The first-order valence-corrected chi connectivity index (χ1v) is 10.7. The standard InChI is InChI=1S/C26H23ClFNO3/c1-14-9-18(27)7-8-20(14)25-16(3)23-13-29(26(32)17-5-4-6-19(28)10-17)12-22(23)15(2)21(25)11-24(30)31/h4-10H,11-13H2,1-3H3,(H,30,31). The van der Waals surface area contributed by atoms with Gasteiger partial charge in [0.25, 0.3) is 5.91 Å². The molecule has 32 heavy (non-hydrogen) atoms. The van der Waals surface area contributed by atoms with Gasteiger partial charge in [0, 0.05) is 23.7 Å². The lowest BCUT2D eigenvalue weighted by Gasteiger charge is -2.21. The molecule has 3 aromatic rings. The topological polar surface area (TPSA) is 57.6 Å². The largest absolute Gasteiger partial charge is 0.481 e. The van der Waals surface area contributed by atoms with Crippen LogP contribution in [-0.4, -0.2) is 21.9 Å². The van der Waals surface area contributed by atoms with Crippen LogP contribution in [0.3, 0.4) is 0 Å². The van der Waals surface area contributed by atoms with Gasteiger partial charge >= 0.3 is 5.97 Å². The van der Waals surface area contributed by atoms with E-state index in [2.05, 4.69) is 0 Å². The molecule has 0 saturated heterocycles. The Morgan fingerprint density at radius 2 is 1.72 bits per heavy atom. The molecule has 0 atom stereocenters. The smallest absolute Gasteiger partial charge is 0.307 e. The van der Waals surface area contributed by atoms with Gasteiger partial charge in [0.15, 0.2) is 0 Å². The third kappa shape index (κ3) is 3.89. The highest BCUT2D eigenvalue weighted by Gasteiger charge is 2.31. The quantitative estimate of drug-likeness (QED) is 0.541. The van der Waals surface area contributed by atoms with E-state index in [9.17, 15) is 19.1 Å². The average molecular weight is 452 g/mol. The first-order chi connectivity index (χ1) is 15.2. The van der Waals surface area contributed by atoms with Crippen LogP contribution in [0.4, 0.5) is 4.39 Å². The summed E-state index contributed by atoms with van der Waals surface area (Å²) < 4.78 is 13.7. The van der Waals surface area contributed by atoms with Crippen LogP contribution in [0.15, 0.2) is 42.5 Å². The predicted octanol–water partition coefficient (Wildman–Crippen LogP) is 5.85. The molecule has 0 fully saturated rings.